The fourth-order valence-corrected chi connectivity index (χ4v) is 4.42. The summed E-state index contributed by atoms with van der Waals surface area (Å²) < 4.78 is 13.7. The van der Waals surface area contributed by atoms with Crippen LogP contribution in [0.25, 0.3) is 0 Å². The van der Waals surface area contributed by atoms with E-state index in [1.165, 1.54) is 6.07 Å². The van der Waals surface area contributed by atoms with Crippen LogP contribution in [0.4, 0.5) is 4.39 Å². The summed E-state index contributed by atoms with van der Waals surface area (Å²) in [5.74, 6) is -0.621. The van der Waals surface area contributed by atoms with Crippen molar-refractivity contribution >= 4 is 17.6 Å². The van der Waals surface area contributed by atoms with Gasteiger partial charge in [-0.1, -0.05) is 24.1 Å². The molecule has 1 aromatic rings. The predicted octanol–water partition coefficient (Wildman–Crippen LogP) is 3.60. The van der Waals surface area contributed by atoms with E-state index >= 15 is 0 Å². The SMILES string of the molecule is O=C(O)[C@@]12CCC[C@H]1CN(CCCc1c(F)cccc1Cl)C2. The Morgan fingerprint density at radius 1 is 1.50 bits per heavy atom. The number of hydrogen-bond donors (Lipinski definition) is 1. The molecule has 1 heterocycles. The van der Waals surface area contributed by atoms with Gasteiger partial charge in [0.1, 0.15) is 5.82 Å². The van der Waals surface area contributed by atoms with E-state index in [0.29, 0.717) is 23.6 Å². The largest absolute Gasteiger partial charge is 0.481 e. The number of rotatable bonds is 5. The van der Waals surface area contributed by atoms with Gasteiger partial charge in [0.25, 0.3) is 0 Å². The van der Waals surface area contributed by atoms with Crippen LogP contribution in [0.15, 0.2) is 18.2 Å². The molecule has 1 aliphatic carbocycles. The van der Waals surface area contributed by atoms with Crippen molar-refractivity contribution in [2.24, 2.45) is 11.3 Å². The summed E-state index contributed by atoms with van der Waals surface area (Å²) in [6.07, 6.45) is 4.22. The molecule has 0 amide bonds. The molecule has 22 heavy (non-hydrogen) atoms. The number of carbonyl (C=O) groups is 1. The molecule has 1 aromatic carbocycles. The van der Waals surface area contributed by atoms with Crippen molar-refractivity contribution in [1.82, 2.24) is 4.90 Å². The molecule has 2 atom stereocenters. The smallest absolute Gasteiger partial charge is 0.311 e. The molecule has 3 nitrogen and oxygen atoms in total. The molecule has 0 radical (unpaired) electrons. The number of aliphatic carboxylic acids is 1. The Bertz CT molecular complexity index is 560. The van der Waals surface area contributed by atoms with Crippen molar-refractivity contribution in [3.63, 3.8) is 0 Å². The summed E-state index contributed by atoms with van der Waals surface area (Å²) in [5.41, 5.74) is 0.0341. The second-order valence-corrected chi connectivity index (χ2v) is 7.00. The molecule has 0 unspecified atom stereocenters. The average molecular weight is 326 g/mol. The van der Waals surface area contributed by atoms with Crippen molar-refractivity contribution in [1.29, 1.82) is 0 Å². The van der Waals surface area contributed by atoms with Crippen molar-refractivity contribution in [3.05, 3.63) is 34.6 Å². The van der Waals surface area contributed by atoms with E-state index in [1.54, 1.807) is 12.1 Å². The van der Waals surface area contributed by atoms with E-state index in [9.17, 15) is 14.3 Å². The zero-order chi connectivity index (χ0) is 15.7. The first-order valence-electron chi connectivity index (χ1n) is 7.91. The van der Waals surface area contributed by atoms with E-state index in [1.807, 2.05) is 0 Å². The van der Waals surface area contributed by atoms with Crippen molar-refractivity contribution in [2.45, 2.75) is 32.1 Å². The minimum Gasteiger partial charge on any atom is -0.481 e. The standard InChI is InChI=1S/C17H21ClFNO2/c18-14-6-1-7-15(19)13(14)5-3-9-20-10-12-4-2-8-17(12,11-20)16(21)22/h1,6-7,12H,2-5,8-11H2,(H,21,22)/t12-,17+/m0/s1. The second-order valence-electron chi connectivity index (χ2n) is 6.59. The van der Waals surface area contributed by atoms with Crippen molar-refractivity contribution in [3.8, 4) is 0 Å². The van der Waals surface area contributed by atoms with E-state index in [0.717, 1.165) is 38.8 Å². The maximum absolute atomic E-state index is 13.7. The molecule has 0 aromatic heterocycles. The van der Waals surface area contributed by atoms with Gasteiger partial charge in [-0.15, -0.1) is 0 Å². The van der Waals surface area contributed by atoms with Gasteiger partial charge in [0, 0.05) is 23.7 Å². The Morgan fingerprint density at radius 3 is 3.00 bits per heavy atom. The molecular weight excluding hydrogens is 305 g/mol. The number of carboxylic acid groups (broad SMARTS) is 1. The topological polar surface area (TPSA) is 40.5 Å². The summed E-state index contributed by atoms with van der Waals surface area (Å²) in [5, 5.41) is 10.0. The summed E-state index contributed by atoms with van der Waals surface area (Å²) in [4.78, 5) is 13.9. The maximum atomic E-state index is 13.7. The van der Waals surface area contributed by atoms with Crippen LogP contribution >= 0.6 is 11.6 Å². The molecule has 1 aliphatic heterocycles. The normalized spacial score (nSPS) is 28.0. The molecule has 120 valence electrons. The molecule has 0 bridgehead atoms. The van der Waals surface area contributed by atoms with Crippen LogP contribution in [0.5, 0.6) is 0 Å². The maximum Gasteiger partial charge on any atom is 0.311 e. The summed E-state index contributed by atoms with van der Waals surface area (Å²) in [7, 11) is 0. The minimum atomic E-state index is -0.644. The molecule has 0 spiro atoms. The van der Waals surface area contributed by atoms with Gasteiger partial charge in [-0.2, -0.15) is 0 Å². The van der Waals surface area contributed by atoms with Gasteiger partial charge in [0.05, 0.1) is 5.41 Å². The highest BCUT2D eigenvalue weighted by molar-refractivity contribution is 6.31. The van der Waals surface area contributed by atoms with Crippen LogP contribution in [0.3, 0.4) is 0 Å². The molecule has 2 fully saturated rings. The molecular formula is C17H21ClFNO2. The van der Waals surface area contributed by atoms with Crippen molar-refractivity contribution in [2.75, 3.05) is 19.6 Å². The second kappa shape index (κ2) is 6.17. The van der Waals surface area contributed by atoms with Crippen LogP contribution in [-0.2, 0) is 11.2 Å². The zero-order valence-corrected chi connectivity index (χ0v) is 13.3. The summed E-state index contributed by atoms with van der Waals surface area (Å²) in [6, 6.07) is 4.75. The lowest BCUT2D eigenvalue weighted by Gasteiger charge is -2.23. The van der Waals surface area contributed by atoms with Gasteiger partial charge >= 0.3 is 5.97 Å². The van der Waals surface area contributed by atoms with Gasteiger partial charge in [-0.3, -0.25) is 4.79 Å². The van der Waals surface area contributed by atoms with E-state index < -0.39 is 11.4 Å². The Balaban J connectivity index is 1.57. The highest BCUT2D eigenvalue weighted by Gasteiger charge is 2.54. The lowest BCUT2D eigenvalue weighted by atomic mass is 9.81. The monoisotopic (exact) mass is 325 g/mol. The number of likely N-dealkylation sites (tertiary alicyclic amines) is 1. The van der Waals surface area contributed by atoms with E-state index in [2.05, 4.69) is 4.90 Å². The summed E-state index contributed by atoms with van der Waals surface area (Å²) >= 11 is 6.04. The first-order valence-corrected chi connectivity index (χ1v) is 8.29. The molecule has 1 saturated heterocycles. The quantitative estimate of drug-likeness (QED) is 0.899. The zero-order valence-electron chi connectivity index (χ0n) is 12.5. The van der Waals surface area contributed by atoms with Crippen LogP contribution in [0.1, 0.15) is 31.2 Å². The number of halogens is 2. The number of hydrogen-bond acceptors (Lipinski definition) is 2. The Labute approximate surface area is 135 Å². The number of fused-ring (bicyclic) bond motifs is 1. The van der Waals surface area contributed by atoms with Crippen LogP contribution in [-0.4, -0.2) is 35.6 Å². The third kappa shape index (κ3) is 2.74. The summed E-state index contributed by atoms with van der Waals surface area (Å²) in [6.45, 7) is 2.30. The van der Waals surface area contributed by atoms with E-state index in [-0.39, 0.29) is 11.7 Å². The molecule has 1 saturated carbocycles. The lowest BCUT2D eigenvalue weighted by Crippen LogP contribution is -2.35. The Morgan fingerprint density at radius 2 is 2.32 bits per heavy atom. The molecule has 5 heteroatoms. The highest BCUT2D eigenvalue weighted by atomic mass is 35.5. The number of benzene rings is 1. The first kappa shape index (κ1) is 15.8. The Hall–Kier alpha value is -1.13. The highest BCUT2D eigenvalue weighted by Crippen LogP contribution is 2.48. The molecule has 2 aliphatic rings. The van der Waals surface area contributed by atoms with Gasteiger partial charge in [-0.25, -0.2) is 4.39 Å². The fourth-order valence-electron chi connectivity index (χ4n) is 4.16. The lowest BCUT2D eigenvalue weighted by molar-refractivity contribution is -0.149. The average Bonchev–Trinajstić information content (AvgIpc) is 2.99. The van der Waals surface area contributed by atoms with Gasteiger partial charge in [-0.05, 0) is 50.3 Å². The minimum absolute atomic E-state index is 0.257. The van der Waals surface area contributed by atoms with Crippen LogP contribution in [0.2, 0.25) is 5.02 Å². The van der Waals surface area contributed by atoms with Gasteiger partial charge in [0.15, 0.2) is 0 Å². The third-order valence-electron chi connectivity index (χ3n) is 5.33. The molecule has 3 rings (SSSR count). The number of carboxylic acids is 1. The molecule has 1 N–H and O–H groups in total. The Kier molecular flexibility index (Phi) is 4.42. The number of nitrogens with zero attached hydrogens (tertiary/aromatic N) is 1. The van der Waals surface area contributed by atoms with Crippen molar-refractivity contribution < 1.29 is 14.3 Å². The predicted molar refractivity (Wildman–Crippen MR) is 83.6 cm³/mol. The first-order chi connectivity index (χ1) is 10.5. The van der Waals surface area contributed by atoms with Crippen LogP contribution < -0.4 is 0 Å². The van der Waals surface area contributed by atoms with Crippen LogP contribution in [0, 0.1) is 17.2 Å². The van der Waals surface area contributed by atoms with Gasteiger partial charge in [0.2, 0.25) is 0 Å². The third-order valence-corrected chi connectivity index (χ3v) is 5.68. The van der Waals surface area contributed by atoms with Gasteiger partial charge < -0.3 is 10.0 Å². The van der Waals surface area contributed by atoms with E-state index in [4.69, 9.17) is 11.6 Å². The fraction of sp³-hybridized carbons (Fsp3) is 0.588.